The molecule has 1 aliphatic carbocycles. The third-order valence-corrected chi connectivity index (χ3v) is 12.7. The minimum absolute atomic E-state index is 0.00329. The van der Waals surface area contributed by atoms with Crippen LogP contribution in [0.3, 0.4) is 0 Å². The van der Waals surface area contributed by atoms with Crippen LogP contribution in [0.2, 0.25) is 18.1 Å². The summed E-state index contributed by atoms with van der Waals surface area (Å²) in [6.45, 7) is 15.8. The number of nitrogens with zero attached hydrogens (tertiary/aromatic N) is 6. The lowest BCUT2D eigenvalue weighted by molar-refractivity contribution is 0.102. The number of aryl methyl sites for hydroxylation is 1. The van der Waals surface area contributed by atoms with Gasteiger partial charge in [-0.05, 0) is 74.7 Å². The second-order valence-electron chi connectivity index (χ2n) is 12.6. The van der Waals surface area contributed by atoms with E-state index in [1.165, 1.54) is 12.8 Å². The average Bonchev–Trinajstić information content (AvgIpc) is 3.42. The van der Waals surface area contributed by atoms with Gasteiger partial charge >= 0.3 is 0 Å². The van der Waals surface area contributed by atoms with Gasteiger partial charge in [0.15, 0.2) is 14.1 Å². The molecule has 0 aliphatic heterocycles. The van der Waals surface area contributed by atoms with Crippen molar-refractivity contribution in [2.24, 2.45) is 0 Å². The van der Waals surface area contributed by atoms with Crippen LogP contribution in [0.1, 0.15) is 74.1 Å². The number of carbonyl (C=O) groups excluding carboxylic acids is 1. The summed E-state index contributed by atoms with van der Waals surface area (Å²) in [4.78, 5) is 22.6. The van der Waals surface area contributed by atoms with Crippen LogP contribution in [0.5, 0.6) is 0 Å². The molecule has 11 heteroatoms. The van der Waals surface area contributed by atoms with Crippen molar-refractivity contribution in [1.29, 1.82) is 0 Å². The lowest BCUT2D eigenvalue weighted by Gasteiger charge is -2.37. The first kappa shape index (κ1) is 28.7. The van der Waals surface area contributed by atoms with E-state index in [2.05, 4.69) is 66.3 Å². The van der Waals surface area contributed by atoms with Crippen LogP contribution >= 0.6 is 0 Å². The second-order valence-corrected chi connectivity index (χ2v) is 17.4. The van der Waals surface area contributed by atoms with Crippen molar-refractivity contribution >= 4 is 25.7 Å². The topological polar surface area (TPSA) is 126 Å². The molecule has 0 radical (unpaired) electrons. The number of pyridine rings is 1. The van der Waals surface area contributed by atoms with E-state index >= 15 is 0 Å². The average molecular weight is 573 g/mol. The zero-order valence-electron chi connectivity index (χ0n) is 25.0. The molecule has 4 aromatic rings. The highest BCUT2D eigenvalue weighted by molar-refractivity contribution is 6.74. The zero-order valence-corrected chi connectivity index (χ0v) is 26.0. The van der Waals surface area contributed by atoms with E-state index in [4.69, 9.17) is 10.2 Å². The van der Waals surface area contributed by atoms with Gasteiger partial charge in [0.25, 0.3) is 5.91 Å². The van der Waals surface area contributed by atoms with Gasteiger partial charge in [-0.1, -0.05) is 26.8 Å². The highest BCUT2D eigenvalue weighted by Crippen LogP contribution is 2.39. The molecule has 0 saturated heterocycles. The van der Waals surface area contributed by atoms with Gasteiger partial charge in [0.2, 0.25) is 0 Å². The molecule has 0 spiro atoms. The fraction of sp³-hybridized carbons (Fsp3) is 0.433. The number of anilines is 2. The van der Waals surface area contributed by atoms with Crippen LogP contribution in [0.15, 0.2) is 49.2 Å². The third-order valence-electron chi connectivity index (χ3n) is 8.25. The van der Waals surface area contributed by atoms with Gasteiger partial charge in [0.1, 0.15) is 17.8 Å². The zero-order chi connectivity index (χ0) is 29.5. The Balaban J connectivity index is 1.34. The quantitative estimate of drug-likeness (QED) is 0.183. The standard InChI is InChI=1S/C30H40N8O2Si/c1-19-13-23(31)22(14-26(19)37-15-25(32-17-37)21-11-12-21)29(39)35-27-10-8-9-24(34-27)28-36-33-18-38(28)20(2)16-40-41(6,7)30(3,4)5/h8-10,13-15,17-18,20-21H,11-12,16,31H2,1-7H3,(H,34,35,39). The van der Waals surface area contributed by atoms with E-state index in [0.29, 0.717) is 41.1 Å². The number of imidazole rings is 1. The molecule has 41 heavy (non-hydrogen) atoms. The molecular formula is C30H40N8O2Si. The van der Waals surface area contributed by atoms with Gasteiger partial charge in [-0.2, -0.15) is 0 Å². The Kier molecular flexibility index (Phi) is 7.60. The summed E-state index contributed by atoms with van der Waals surface area (Å²) in [5.74, 6) is 1.21. The Hall–Kier alpha value is -3.83. The molecule has 1 atom stereocenters. The fourth-order valence-electron chi connectivity index (χ4n) is 4.44. The first-order valence-corrected chi connectivity index (χ1v) is 17.0. The number of hydrogen-bond acceptors (Lipinski definition) is 7. The van der Waals surface area contributed by atoms with Gasteiger partial charge in [0, 0.05) is 17.8 Å². The first-order chi connectivity index (χ1) is 19.3. The summed E-state index contributed by atoms with van der Waals surface area (Å²) < 4.78 is 10.4. The monoisotopic (exact) mass is 572 g/mol. The Morgan fingerprint density at radius 2 is 1.98 bits per heavy atom. The van der Waals surface area contributed by atoms with Gasteiger partial charge in [-0.15, -0.1) is 10.2 Å². The van der Waals surface area contributed by atoms with Crippen molar-refractivity contribution in [3.63, 3.8) is 0 Å². The molecule has 1 aromatic carbocycles. The van der Waals surface area contributed by atoms with Crippen LogP contribution in [0, 0.1) is 6.92 Å². The van der Waals surface area contributed by atoms with Crippen molar-refractivity contribution in [3.8, 4) is 17.2 Å². The smallest absolute Gasteiger partial charge is 0.258 e. The fourth-order valence-corrected chi connectivity index (χ4v) is 5.53. The van der Waals surface area contributed by atoms with Crippen molar-refractivity contribution < 1.29 is 9.22 Å². The molecule has 3 heterocycles. The highest BCUT2D eigenvalue weighted by Gasteiger charge is 2.37. The summed E-state index contributed by atoms with van der Waals surface area (Å²) in [5, 5.41) is 11.5. The van der Waals surface area contributed by atoms with Crippen molar-refractivity contribution in [2.75, 3.05) is 17.7 Å². The molecule has 0 bridgehead atoms. The third kappa shape index (κ3) is 6.10. The molecule has 10 nitrogen and oxygen atoms in total. The summed E-state index contributed by atoms with van der Waals surface area (Å²) in [7, 11) is -1.90. The molecular weight excluding hydrogens is 532 g/mol. The maximum absolute atomic E-state index is 13.4. The van der Waals surface area contributed by atoms with Crippen molar-refractivity contribution in [3.05, 3.63) is 66.0 Å². The number of aromatic nitrogens is 6. The first-order valence-electron chi connectivity index (χ1n) is 14.1. The molecule has 1 saturated carbocycles. The highest BCUT2D eigenvalue weighted by atomic mass is 28.4. The predicted molar refractivity (Wildman–Crippen MR) is 164 cm³/mol. The number of carbonyl (C=O) groups is 1. The molecule has 216 valence electrons. The van der Waals surface area contributed by atoms with Crippen LogP contribution in [-0.2, 0) is 4.43 Å². The van der Waals surface area contributed by atoms with Crippen LogP contribution in [-0.4, -0.2) is 50.1 Å². The Morgan fingerprint density at radius 3 is 2.68 bits per heavy atom. The molecule has 1 fully saturated rings. The van der Waals surface area contributed by atoms with E-state index < -0.39 is 8.32 Å². The van der Waals surface area contributed by atoms with Crippen LogP contribution in [0.25, 0.3) is 17.2 Å². The van der Waals surface area contributed by atoms with Crippen molar-refractivity contribution in [1.82, 2.24) is 29.3 Å². The lowest BCUT2D eigenvalue weighted by atomic mass is 10.1. The maximum atomic E-state index is 13.4. The second kappa shape index (κ2) is 10.9. The molecule has 1 unspecified atom stereocenters. The number of nitrogen functional groups attached to an aromatic ring is 1. The van der Waals surface area contributed by atoms with E-state index in [1.54, 1.807) is 18.7 Å². The minimum Gasteiger partial charge on any atom is -0.415 e. The van der Waals surface area contributed by atoms with Crippen molar-refractivity contribution in [2.45, 2.75) is 77.6 Å². The van der Waals surface area contributed by atoms with Crippen LogP contribution < -0.4 is 11.1 Å². The normalized spacial score (nSPS) is 14.7. The number of nitrogens with one attached hydrogen (secondary N) is 1. The number of benzene rings is 1. The molecule has 3 N–H and O–H groups in total. The Morgan fingerprint density at radius 1 is 1.22 bits per heavy atom. The molecule has 5 rings (SSSR count). The maximum Gasteiger partial charge on any atom is 0.258 e. The largest absolute Gasteiger partial charge is 0.415 e. The minimum atomic E-state index is -1.90. The number of amides is 1. The SMILES string of the molecule is Cc1cc(N)c(C(=O)Nc2cccc(-c3nncn3C(C)CO[Si](C)(C)C(C)(C)C)n2)cc1-n1cnc(C2CC2)c1. The summed E-state index contributed by atoms with van der Waals surface area (Å²) in [6, 6.07) is 9.07. The van der Waals surface area contributed by atoms with E-state index in [-0.39, 0.29) is 17.0 Å². The lowest BCUT2D eigenvalue weighted by Crippen LogP contribution is -2.42. The van der Waals surface area contributed by atoms with Crippen LogP contribution in [0.4, 0.5) is 11.5 Å². The Labute approximate surface area is 242 Å². The van der Waals surface area contributed by atoms with E-state index in [9.17, 15) is 4.79 Å². The van der Waals surface area contributed by atoms with Gasteiger partial charge < -0.3 is 24.6 Å². The number of rotatable bonds is 9. The van der Waals surface area contributed by atoms with Gasteiger partial charge in [0.05, 0.1) is 35.9 Å². The summed E-state index contributed by atoms with van der Waals surface area (Å²) >= 11 is 0. The molecule has 1 aliphatic rings. The predicted octanol–water partition coefficient (Wildman–Crippen LogP) is 6.13. The summed E-state index contributed by atoms with van der Waals surface area (Å²) in [5.41, 5.74) is 10.6. The number of hydrogen-bond donors (Lipinski definition) is 2. The van der Waals surface area contributed by atoms with E-state index in [1.807, 2.05) is 46.5 Å². The molecule has 1 amide bonds. The van der Waals surface area contributed by atoms with Gasteiger partial charge in [-0.25, -0.2) is 9.97 Å². The van der Waals surface area contributed by atoms with E-state index in [0.717, 1.165) is 16.9 Å². The summed E-state index contributed by atoms with van der Waals surface area (Å²) in [6.07, 6.45) is 7.89. The number of nitrogens with two attached hydrogens (primary N) is 1. The van der Waals surface area contributed by atoms with Gasteiger partial charge in [-0.3, -0.25) is 4.79 Å². The molecule has 3 aromatic heterocycles. The Bertz CT molecular complexity index is 1560.